The lowest BCUT2D eigenvalue weighted by Crippen LogP contribution is -2.53. The van der Waals surface area contributed by atoms with E-state index < -0.39 is 5.60 Å². The van der Waals surface area contributed by atoms with Crippen LogP contribution in [0, 0.1) is 5.92 Å². The van der Waals surface area contributed by atoms with Gasteiger partial charge in [-0.2, -0.15) is 11.8 Å². The van der Waals surface area contributed by atoms with E-state index in [9.17, 15) is 4.79 Å². The monoisotopic (exact) mass is 316 g/mol. The van der Waals surface area contributed by atoms with Gasteiger partial charge in [0.15, 0.2) is 0 Å². The highest BCUT2D eigenvalue weighted by atomic mass is 32.2. The van der Waals surface area contributed by atoms with Crippen molar-refractivity contribution >= 4 is 17.9 Å². The Morgan fingerprint density at radius 2 is 1.95 bits per heavy atom. The molecule has 0 aromatic rings. The molecule has 0 aliphatic heterocycles. The van der Waals surface area contributed by atoms with Crippen molar-refractivity contribution in [2.45, 2.75) is 65.0 Å². The van der Waals surface area contributed by atoms with Crippen molar-refractivity contribution in [2.75, 3.05) is 24.6 Å². The molecule has 124 valence electrons. The van der Waals surface area contributed by atoms with Crippen LogP contribution in [-0.2, 0) is 4.74 Å². The molecule has 0 saturated heterocycles. The fraction of sp³-hybridized carbons (Fsp3) is 0.938. The lowest BCUT2D eigenvalue weighted by molar-refractivity contribution is 0.0508. The summed E-state index contributed by atoms with van der Waals surface area (Å²) in [5, 5.41) is 6.58. The van der Waals surface area contributed by atoms with Crippen molar-refractivity contribution in [2.24, 2.45) is 5.92 Å². The molecule has 2 N–H and O–H groups in total. The molecule has 1 amide bonds. The van der Waals surface area contributed by atoms with Gasteiger partial charge in [0.25, 0.3) is 0 Å². The third-order valence-electron chi connectivity index (χ3n) is 3.68. The van der Waals surface area contributed by atoms with Crippen molar-refractivity contribution in [3.63, 3.8) is 0 Å². The topological polar surface area (TPSA) is 50.4 Å². The van der Waals surface area contributed by atoms with Gasteiger partial charge in [-0.3, -0.25) is 0 Å². The predicted molar refractivity (Wildman–Crippen MR) is 91.0 cm³/mol. The van der Waals surface area contributed by atoms with Crippen molar-refractivity contribution in [1.82, 2.24) is 10.6 Å². The maximum atomic E-state index is 11.8. The van der Waals surface area contributed by atoms with Gasteiger partial charge in [0, 0.05) is 12.1 Å². The summed E-state index contributed by atoms with van der Waals surface area (Å²) in [6.07, 6.45) is 3.36. The van der Waals surface area contributed by atoms with Gasteiger partial charge < -0.3 is 15.4 Å². The van der Waals surface area contributed by atoms with Gasteiger partial charge in [-0.1, -0.05) is 6.92 Å². The van der Waals surface area contributed by atoms with Gasteiger partial charge in [0.2, 0.25) is 0 Å². The van der Waals surface area contributed by atoms with Crippen LogP contribution >= 0.6 is 11.8 Å². The number of thioether (sulfide) groups is 1. The zero-order chi connectivity index (χ0) is 15.9. The zero-order valence-electron chi connectivity index (χ0n) is 14.3. The van der Waals surface area contributed by atoms with E-state index >= 15 is 0 Å². The van der Waals surface area contributed by atoms with E-state index in [1.54, 1.807) is 0 Å². The first-order valence-electron chi connectivity index (χ1n) is 8.06. The van der Waals surface area contributed by atoms with Crippen molar-refractivity contribution < 1.29 is 9.53 Å². The number of carbonyl (C=O) groups is 1. The van der Waals surface area contributed by atoms with E-state index in [4.69, 9.17) is 4.74 Å². The smallest absolute Gasteiger partial charge is 0.407 e. The molecule has 0 aromatic heterocycles. The maximum absolute atomic E-state index is 11.8. The number of amides is 1. The summed E-state index contributed by atoms with van der Waals surface area (Å²) in [6, 6.07) is 0. The minimum absolute atomic E-state index is 0.00617. The summed E-state index contributed by atoms with van der Waals surface area (Å²) in [4.78, 5) is 11.8. The molecule has 1 aliphatic rings. The van der Waals surface area contributed by atoms with Crippen LogP contribution in [0.1, 0.15) is 53.9 Å². The number of ether oxygens (including phenoxy) is 1. The molecule has 0 aromatic carbocycles. The van der Waals surface area contributed by atoms with Crippen molar-refractivity contribution in [1.29, 1.82) is 0 Å². The largest absolute Gasteiger partial charge is 0.444 e. The zero-order valence-corrected chi connectivity index (χ0v) is 15.1. The Labute approximate surface area is 134 Å². The maximum Gasteiger partial charge on any atom is 0.407 e. The van der Waals surface area contributed by atoms with E-state index in [2.05, 4.69) is 24.5 Å². The van der Waals surface area contributed by atoms with Crippen LogP contribution in [0.4, 0.5) is 4.79 Å². The minimum Gasteiger partial charge on any atom is -0.444 e. The molecule has 21 heavy (non-hydrogen) atoms. The first-order chi connectivity index (χ1) is 9.77. The van der Waals surface area contributed by atoms with Crippen molar-refractivity contribution in [3.05, 3.63) is 0 Å². The SMILES string of the molecule is CCSCCCNC(C)(CNC(=O)OC(C)(C)C)C1CC1. The molecular formula is C16H32N2O2S. The van der Waals surface area contributed by atoms with E-state index in [1.165, 1.54) is 30.8 Å². The first-order valence-corrected chi connectivity index (χ1v) is 9.22. The summed E-state index contributed by atoms with van der Waals surface area (Å²) < 4.78 is 5.31. The van der Waals surface area contributed by atoms with Crippen molar-refractivity contribution in [3.8, 4) is 0 Å². The fourth-order valence-corrected chi connectivity index (χ4v) is 2.97. The Bertz CT molecular complexity index is 327. The molecule has 0 spiro atoms. The third-order valence-corrected chi connectivity index (χ3v) is 4.66. The van der Waals surface area contributed by atoms with Gasteiger partial charge in [-0.05, 0) is 70.9 Å². The van der Waals surface area contributed by atoms with Crippen LogP contribution in [0.3, 0.4) is 0 Å². The average molecular weight is 317 g/mol. The second kappa shape index (κ2) is 8.28. The number of hydrogen-bond donors (Lipinski definition) is 2. The Morgan fingerprint density at radius 3 is 2.48 bits per heavy atom. The van der Waals surface area contributed by atoms with Crippen LogP contribution in [-0.4, -0.2) is 41.8 Å². The van der Waals surface area contributed by atoms with Crippen LogP contribution in [0.2, 0.25) is 0 Å². The molecule has 0 bridgehead atoms. The molecular weight excluding hydrogens is 284 g/mol. The van der Waals surface area contributed by atoms with Gasteiger partial charge in [0.1, 0.15) is 5.60 Å². The molecule has 1 unspecified atom stereocenters. The first kappa shape index (κ1) is 18.6. The second-order valence-corrected chi connectivity index (χ2v) is 8.42. The van der Waals surface area contributed by atoms with Crippen LogP contribution in [0.15, 0.2) is 0 Å². The highest BCUT2D eigenvalue weighted by Crippen LogP contribution is 2.39. The van der Waals surface area contributed by atoms with Crippen LogP contribution in [0.25, 0.3) is 0 Å². The number of nitrogens with one attached hydrogen (secondary N) is 2. The lowest BCUT2D eigenvalue weighted by atomic mass is 9.95. The Hall–Kier alpha value is -0.420. The average Bonchev–Trinajstić information content (AvgIpc) is 3.19. The van der Waals surface area contributed by atoms with Crippen LogP contribution < -0.4 is 10.6 Å². The molecule has 1 saturated carbocycles. The van der Waals surface area contributed by atoms with E-state index in [0.29, 0.717) is 12.5 Å². The van der Waals surface area contributed by atoms with Gasteiger partial charge >= 0.3 is 6.09 Å². The summed E-state index contributed by atoms with van der Waals surface area (Å²) in [5.41, 5.74) is -0.446. The fourth-order valence-electron chi connectivity index (χ4n) is 2.33. The quantitative estimate of drug-likeness (QED) is 0.640. The number of carbonyl (C=O) groups excluding carboxylic acids is 1. The molecule has 1 atom stereocenters. The molecule has 0 heterocycles. The van der Waals surface area contributed by atoms with E-state index in [-0.39, 0.29) is 11.6 Å². The number of hydrogen-bond acceptors (Lipinski definition) is 4. The van der Waals surface area contributed by atoms with Gasteiger partial charge in [-0.15, -0.1) is 0 Å². The summed E-state index contributed by atoms with van der Waals surface area (Å²) in [7, 11) is 0. The summed E-state index contributed by atoms with van der Waals surface area (Å²) >= 11 is 1.98. The van der Waals surface area contributed by atoms with E-state index in [0.717, 1.165) is 6.54 Å². The van der Waals surface area contributed by atoms with Gasteiger partial charge in [-0.25, -0.2) is 4.79 Å². The molecule has 1 aliphatic carbocycles. The highest BCUT2D eigenvalue weighted by molar-refractivity contribution is 7.99. The molecule has 0 radical (unpaired) electrons. The van der Waals surface area contributed by atoms with Gasteiger partial charge in [0.05, 0.1) is 0 Å². The standard InChI is InChI=1S/C16H32N2O2S/c1-6-21-11-7-10-18-16(5,13-8-9-13)12-17-14(19)20-15(2,3)4/h13,18H,6-12H2,1-5H3,(H,17,19). The third kappa shape index (κ3) is 7.96. The predicted octanol–water partition coefficient (Wildman–Crippen LogP) is 3.41. The number of alkyl carbamates (subject to hydrolysis) is 1. The Kier molecular flexibility index (Phi) is 7.34. The summed E-state index contributed by atoms with van der Waals surface area (Å²) in [5.74, 6) is 3.05. The highest BCUT2D eigenvalue weighted by Gasteiger charge is 2.41. The Balaban J connectivity index is 2.33. The summed E-state index contributed by atoms with van der Waals surface area (Å²) in [6.45, 7) is 11.7. The minimum atomic E-state index is -0.440. The second-order valence-electron chi connectivity index (χ2n) is 7.02. The molecule has 5 heteroatoms. The Morgan fingerprint density at radius 1 is 1.29 bits per heavy atom. The molecule has 1 rings (SSSR count). The van der Waals surface area contributed by atoms with Crippen LogP contribution in [0.5, 0.6) is 0 Å². The number of rotatable bonds is 9. The van der Waals surface area contributed by atoms with E-state index in [1.807, 2.05) is 32.5 Å². The lowest BCUT2D eigenvalue weighted by Gasteiger charge is -2.32. The normalized spacial score (nSPS) is 18.1. The molecule has 4 nitrogen and oxygen atoms in total. The molecule has 1 fully saturated rings.